The molecular weight excluding hydrogens is 302 g/mol. The molecule has 24 heavy (non-hydrogen) atoms. The Balaban J connectivity index is 2.73. The van der Waals surface area contributed by atoms with Crippen LogP contribution in [0.5, 0.6) is 0 Å². The lowest BCUT2D eigenvalue weighted by Crippen LogP contribution is -2.15. The fraction of sp³-hybridized carbons (Fsp3) is 0.650. The van der Waals surface area contributed by atoms with Crippen molar-refractivity contribution in [1.82, 2.24) is 0 Å². The zero-order valence-corrected chi connectivity index (χ0v) is 15.2. The molecule has 0 aromatic rings. The van der Waals surface area contributed by atoms with Gasteiger partial charge in [-0.15, -0.1) is 0 Å². The summed E-state index contributed by atoms with van der Waals surface area (Å²) >= 11 is 0. The minimum atomic E-state index is -0.750. The third kappa shape index (κ3) is 7.82. The number of ether oxygens (including phenoxy) is 1. The number of carboxylic acids is 1. The van der Waals surface area contributed by atoms with E-state index in [-0.39, 0.29) is 12.3 Å². The molecule has 1 rings (SSSR count). The average molecular weight is 335 g/mol. The first-order chi connectivity index (χ1) is 11.5. The molecule has 0 aliphatic heterocycles. The van der Waals surface area contributed by atoms with Crippen molar-refractivity contribution in [2.75, 3.05) is 13.2 Å². The molecule has 0 spiro atoms. The molecule has 0 aromatic heterocycles. The van der Waals surface area contributed by atoms with E-state index >= 15 is 0 Å². The van der Waals surface area contributed by atoms with Crippen LogP contribution in [0.3, 0.4) is 0 Å². The molecule has 2 atom stereocenters. The second-order valence-electron chi connectivity index (χ2n) is 6.74. The van der Waals surface area contributed by atoms with Crippen LogP contribution in [-0.4, -0.2) is 24.2 Å². The molecule has 3 N–H and O–H groups in total. The molecule has 0 radical (unpaired) electrons. The van der Waals surface area contributed by atoms with Gasteiger partial charge in [0.15, 0.2) is 0 Å². The Labute approximate surface area is 146 Å². The number of hydrogen-bond acceptors (Lipinski definition) is 3. The van der Waals surface area contributed by atoms with Crippen LogP contribution in [0.15, 0.2) is 36.1 Å². The monoisotopic (exact) mass is 335 g/mol. The standard InChI is InChI=1S/C20H33NO3/c1-4-6-16(10-11-21)14-24-15(3)12-18(7-5-2)19(13-20(22)23)17-8-9-17/h5,7,12,16-17,19H,2,4,6,8-11,13-14,21H2,1,3H3,(H,22,23)/b15-12+,18-7+. The van der Waals surface area contributed by atoms with Crippen molar-refractivity contribution < 1.29 is 14.6 Å². The highest BCUT2D eigenvalue weighted by molar-refractivity contribution is 5.68. The first-order valence-electron chi connectivity index (χ1n) is 9.07. The van der Waals surface area contributed by atoms with E-state index in [1.54, 1.807) is 6.08 Å². The van der Waals surface area contributed by atoms with E-state index in [1.807, 2.05) is 19.1 Å². The Kier molecular flexibility index (Phi) is 9.46. The Morgan fingerprint density at radius 1 is 1.42 bits per heavy atom. The molecule has 0 aromatic carbocycles. The molecular formula is C20H33NO3. The molecule has 4 nitrogen and oxygen atoms in total. The summed E-state index contributed by atoms with van der Waals surface area (Å²) in [5.41, 5.74) is 6.68. The smallest absolute Gasteiger partial charge is 0.303 e. The highest BCUT2D eigenvalue weighted by atomic mass is 16.5. The summed E-state index contributed by atoms with van der Waals surface area (Å²) in [5.74, 6) is 1.08. The van der Waals surface area contributed by atoms with Gasteiger partial charge in [0, 0.05) is 0 Å². The van der Waals surface area contributed by atoms with E-state index in [0.29, 0.717) is 25.0 Å². The minimum absolute atomic E-state index is 0.0505. The summed E-state index contributed by atoms with van der Waals surface area (Å²) in [7, 11) is 0. The summed E-state index contributed by atoms with van der Waals surface area (Å²) in [5, 5.41) is 9.19. The van der Waals surface area contributed by atoms with Crippen LogP contribution in [0.4, 0.5) is 0 Å². The van der Waals surface area contributed by atoms with Gasteiger partial charge in [0.05, 0.1) is 18.8 Å². The van der Waals surface area contributed by atoms with E-state index in [2.05, 4.69) is 13.5 Å². The minimum Gasteiger partial charge on any atom is -0.498 e. The molecule has 1 fully saturated rings. The molecule has 4 heteroatoms. The van der Waals surface area contributed by atoms with E-state index in [4.69, 9.17) is 10.5 Å². The van der Waals surface area contributed by atoms with Crippen molar-refractivity contribution in [1.29, 1.82) is 0 Å². The lowest BCUT2D eigenvalue weighted by molar-refractivity contribution is -0.137. The highest BCUT2D eigenvalue weighted by Gasteiger charge is 2.34. The fourth-order valence-electron chi connectivity index (χ4n) is 3.14. The maximum absolute atomic E-state index is 11.2. The highest BCUT2D eigenvalue weighted by Crippen LogP contribution is 2.43. The van der Waals surface area contributed by atoms with Gasteiger partial charge in [-0.25, -0.2) is 0 Å². The maximum atomic E-state index is 11.2. The van der Waals surface area contributed by atoms with Crippen molar-refractivity contribution in [3.63, 3.8) is 0 Å². The summed E-state index contributed by atoms with van der Waals surface area (Å²) < 4.78 is 5.92. The Morgan fingerprint density at radius 2 is 2.12 bits per heavy atom. The summed E-state index contributed by atoms with van der Waals surface area (Å²) in [6.07, 6.45) is 11.2. The second-order valence-corrected chi connectivity index (χ2v) is 6.74. The van der Waals surface area contributed by atoms with Crippen molar-refractivity contribution in [3.8, 4) is 0 Å². The Hall–Kier alpha value is -1.55. The molecule has 1 aliphatic rings. The lowest BCUT2D eigenvalue weighted by Gasteiger charge is -2.19. The second kappa shape index (κ2) is 11.1. The van der Waals surface area contributed by atoms with Crippen LogP contribution in [0, 0.1) is 17.8 Å². The largest absolute Gasteiger partial charge is 0.498 e. The van der Waals surface area contributed by atoms with Gasteiger partial charge in [0.2, 0.25) is 0 Å². The van der Waals surface area contributed by atoms with Gasteiger partial charge >= 0.3 is 5.97 Å². The number of carbonyl (C=O) groups is 1. The van der Waals surface area contributed by atoms with E-state index < -0.39 is 5.97 Å². The van der Waals surface area contributed by atoms with Gasteiger partial charge in [-0.3, -0.25) is 4.79 Å². The number of carboxylic acid groups (broad SMARTS) is 1. The molecule has 1 aliphatic carbocycles. The molecule has 136 valence electrons. The van der Waals surface area contributed by atoms with Crippen molar-refractivity contribution in [2.45, 2.75) is 52.4 Å². The van der Waals surface area contributed by atoms with Crippen LogP contribution >= 0.6 is 0 Å². The van der Waals surface area contributed by atoms with E-state index in [1.165, 1.54) is 0 Å². The first-order valence-corrected chi connectivity index (χ1v) is 9.07. The topological polar surface area (TPSA) is 72.5 Å². The van der Waals surface area contributed by atoms with Crippen molar-refractivity contribution >= 4 is 5.97 Å². The van der Waals surface area contributed by atoms with Crippen LogP contribution in [0.1, 0.15) is 52.4 Å². The van der Waals surface area contributed by atoms with E-state index in [9.17, 15) is 9.90 Å². The molecule has 2 unspecified atom stereocenters. The molecule has 0 heterocycles. The first kappa shape index (κ1) is 20.5. The van der Waals surface area contributed by atoms with Gasteiger partial charge in [0.25, 0.3) is 0 Å². The molecule has 0 saturated heterocycles. The number of nitrogens with two attached hydrogens (primary N) is 1. The Morgan fingerprint density at radius 3 is 2.62 bits per heavy atom. The van der Waals surface area contributed by atoms with Crippen LogP contribution in [0.2, 0.25) is 0 Å². The zero-order valence-electron chi connectivity index (χ0n) is 15.2. The Bertz CT molecular complexity index is 458. The van der Waals surface area contributed by atoms with Gasteiger partial charge in [-0.1, -0.05) is 32.1 Å². The fourth-order valence-corrected chi connectivity index (χ4v) is 3.14. The molecule has 0 amide bonds. The van der Waals surface area contributed by atoms with Gasteiger partial charge in [-0.2, -0.15) is 0 Å². The van der Waals surface area contributed by atoms with Gasteiger partial charge in [-0.05, 0) is 68.6 Å². The van der Waals surface area contributed by atoms with Crippen molar-refractivity contribution in [2.24, 2.45) is 23.5 Å². The van der Waals surface area contributed by atoms with Gasteiger partial charge < -0.3 is 15.6 Å². The van der Waals surface area contributed by atoms with Crippen LogP contribution < -0.4 is 5.73 Å². The SMILES string of the molecule is C=C/C=C(\C=C(/C)OCC(CCC)CCN)C(CC(=O)O)C1CC1. The molecule has 1 saturated carbocycles. The van der Waals surface area contributed by atoms with Crippen LogP contribution in [-0.2, 0) is 9.53 Å². The average Bonchev–Trinajstić information content (AvgIpc) is 3.35. The summed E-state index contributed by atoms with van der Waals surface area (Å²) in [6, 6.07) is 0. The predicted molar refractivity (Wildman–Crippen MR) is 98.5 cm³/mol. The van der Waals surface area contributed by atoms with Gasteiger partial charge in [0.1, 0.15) is 0 Å². The van der Waals surface area contributed by atoms with Crippen molar-refractivity contribution in [3.05, 3.63) is 36.1 Å². The lowest BCUT2D eigenvalue weighted by atomic mass is 9.89. The maximum Gasteiger partial charge on any atom is 0.303 e. The quantitative estimate of drug-likeness (QED) is 0.389. The van der Waals surface area contributed by atoms with Crippen LogP contribution in [0.25, 0.3) is 0 Å². The normalized spacial score (nSPS) is 18.1. The summed E-state index contributed by atoms with van der Waals surface area (Å²) in [4.78, 5) is 11.2. The predicted octanol–water partition coefficient (Wildman–Crippen LogP) is 4.29. The third-order valence-electron chi connectivity index (χ3n) is 4.51. The number of rotatable bonds is 13. The van der Waals surface area contributed by atoms with E-state index in [0.717, 1.165) is 43.4 Å². The number of allylic oxidation sites excluding steroid dienone is 5. The molecule has 0 bridgehead atoms. The third-order valence-corrected chi connectivity index (χ3v) is 4.51. The number of hydrogen-bond donors (Lipinski definition) is 2. The number of aliphatic carboxylic acids is 1. The summed E-state index contributed by atoms with van der Waals surface area (Å²) in [6.45, 7) is 9.22. The zero-order chi connectivity index (χ0) is 17.9.